The second-order valence-corrected chi connectivity index (χ2v) is 8.51. The first-order valence-electron chi connectivity index (χ1n) is 7.06. The van der Waals surface area contributed by atoms with E-state index in [1.165, 1.54) is 18.4 Å². The summed E-state index contributed by atoms with van der Waals surface area (Å²) in [5, 5.41) is 0. The molecule has 2 N–H and O–H groups in total. The Morgan fingerprint density at radius 1 is 1.32 bits per heavy atom. The summed E-state index contributed by atoms with van der Waals surface area (Å²) in [6.45, 7) is 2.04. The van der Waals surface area contributed by atoms with Crippen molar-refractivity contribution in [1.82, 2.24) is 9.21 Å². The van der Waals surface area contributed by atoms with E-state index >= 15 is 0 Å². The summed E-state index contributed by atoms with van der Waals surface area (Å²) in [5.74, 6) is 2.57. The monoisotopic (exact) mass is 342 g/mol. The van der Waals surface area contributed by atoms with Crippen molar-refractivity contribution in [3.8, 4) is 0 Å². The molecule has 1 aromatic carbocycles. The van der Waals surface area contributed by atoms with Gasteiger partial charge in [-0.25, -0.2) is 17.7 Å². The molecule has 0 unspecified atom stereocenters. The Morgan fingerprint density at radius 3 is 2.59 bits per heavy atom. The number of hydrogen-bond acceptors (Lipinski definition) is 4. The first-order valence-corrected chi connectivity index (χ1v) is 9.65. The fourth-order valence-corrected chi connectivity index (χ4v) is 4.15. The van der Waals surface area contributed by atoms with Crippen LogP contribution in [0.2, 0.25) is 0 Å². The van der Waals surface area contributed by atoms with Gasteiger partial charge >= 0.3 is 0 Å². The van der Waals surface area contributed by atoms with Crippen LogP contribution in [0.25, 0.3) is 0 Å². The van der Waals surface area contributed by atoms with Gasteiger partial charge in [0, 0.05) is 38.7 Å². The lowest BCUT2D eigenvalue weighted by Gasteiger charge is -2.27. The molecule has 0 amide bonds. The standard InChI is InChI=1S/C14H22N4O2S2/c1-17(2)22(19,20)13-6-4-3-5-12(13)11-16-14(15)18-7-9-21-10-8-18/h3-6H,7-11H2,1-2H3,(H2,15,16). The molecule has 2 rings (SSSR count). The molecule has 0 bridgehead atoms. The van der Waals surface area contributed by atoms with Gasteiger partial charge in [0.25, 0.3) is 0 Å². The van der Waals surface area contributed by atoms with Crippen molar-refractivity contribution in [2.45, 2.75) is 11.4 Å². The fraction of sp³-hybridized carbons (Fsp3) is 0.500. The maximum absolute atomic E-state index is 12.3. The minimum atomic E-state index is -3.47. The number of rotatable bonds is 4. The number of nitrogens with zero attached hydrogens (tertiary/aromatic N) is 3. The van der Waals surface area contributed by atoms with E-state index in [0.717, 1.165) is 24.6 Å². The van der Waals surface area contributed by atoms with Crippen molar-refractivity contribution in [2.75, 3.05) is 38.7 Å². The maximum Gasteiger partial charge on any atom is 0.242 e. The quantitative estimate of drug-likeness (QED) is 0.647. The van der Waals surface area contributed by atoms with Crippen molar-refractivity contribution < 1.29 is 8.42 Å². The molecule has 0 aromatic heterocycles. The molecule has 1 aliphatic heterocycles. The van der Waals surface area contributed by atoms with E-state index in [1.807, 2.05) is 22.7 Å². The Balaban J connectivity index is 2.20. The summed E-state index contributed by atoms with van der Waals surface area (Å²) in [6.07, 6.45) is 0. The number of aliphatic imine (C=N–C) groups is 1. The zero-order chi connectivity index (χ0) is 16.2. The van der Waals surface area contributed by atoms with E-state index < -0.39 is 10.0 Å². The first-order chi connectivity index (χ1) is 10.4. The highest BCUT2D eigenvalue weighted by molar-refractivity contribution is 7.99. The summed E-state index contributed by atoms with van der Waals surface area (Å²) in [6, 6.07) is 6.91. The van der Waals surface area contributed by atoms with E-state index in [9.17, 15) is 8.42 Å². The molecule has 8 heteroatoms. The summed E-state index contributed by atoms with van der Waals surface area (Å²) >= 11 is 1.90. The van der Waals surface area contributed by atoms with Crippen LogP contribution in [0.3, 0.4) is 0 Å². The van der Waals surface area contributed by atoms with Crippen LogP contribution >= 0.6 is 11.8 Å². The predicted molar refractivity (Wildman–Crippen MR) is 91.5 cm³/mol. The summed E-state index contributed by atoms with van der Waals surface area (Å²) in [7, 11) is -0.428. The molecule has 1 aromatic rings. The first kappa shape index (κ1) is 17.1. The van der Waals surface area contributed by atoms with Gasteiger partial charge < -0.3 is 10.6 Å². The minimum absolute atomic E-state index is 0.263. The van der Waals surface area contributed by atoms with Crippen LogP contribution < -0.4 is 5.73 Å². The smallest absolute Gasteiger partial charge is 0.242 e. The zero-order valence-corrected chi connectivity index (χ0v) is 14.5. The summed E-state index contributed by atoms with van der Waals surface area (Å²) in [4.78, 5) is 6.70. The van der Waals surface area contributed by atoms with Crippen molar-refractivity contribution in [2.24, 2.45) is 10.7 Å². The summed E-state index contributed by atoms with van der Waals surface area (Å²) < 4.78 is 25.9. The molecule has 0 atom stereocenters. The zero-order valence-electron chi connectivity index (χ0n) is 12.9. The molecule has 22 heavy (non-hydrogen) atoms. The Bertz CT molecular complexity index is 638. The van der Waals surface area contributed by atoms with Gasteiger partial charge in [-0.3, -0.25) is 0 Å². The van der Waals surface area contributed by atoms with Crippen LogP contribution in [-0.2, 0) is 16.6 Å². The van der Waals surface area contributed by atoms with Crippen molar-refractivity contribution >= 4 is 27.7 Å². The maximum atomic E-state index is 12.3. The Hall–Kier alpha value is -1.25. The van der Waals surface area contributed by atoms with Crippen LogP contribution in [0.15, 0.2) is 34.2 Å². The van der Waals surface area contributed by atoms with Gasteiger partial charge in [-0.05, 0) is 11.6 Å². The SMILES string of the molecule is CN(C)S(=O)(=O)c1ccccc1CN=C(N)N1CCSCC1. The van der Waals surface area contributed by atoms with Crippen LogP contribution in [0.4, 0.5) is 0 Å². The normalized spacial score (nSPS) is 17.0. The fourth-order valence-electron chi connectivity index (χ4n) is 2.14. The second kappa shape index (κ2) is 7.34. The van der Waals surface area contributed by atoms with Gasteiger partial charge in [0.1, 0.15) is 0 Å². The van der Waals surface area contributed by atoms with Gasteiger partial charge in [-0.2, -0.15) is 11.8 Å². The lowest BCUT2D eigenvalue weighted by Crippen LogP contribution is -2.42. The van der Waals surface area contributed by atoms with Crippen LogP contribution in [0, 0.1) is 0 Å². The molecule has 1 saturated heterocycles. The highest BCUT2D eigenvalue weighted by atomic mass is 32.2. The molecule has 0 saturated carbocycles. The molecule has 0 spiro atoms. The topological polar surface area (TPSA) is 79.0 Å². The van der Waals surface area contributed by atoms with Gasteiger partial charge in [-0.15, -0.1) is 0 Å². The summed E-state index contributed by atoms with van der Waals surface area (Å²) in [5.41, 5.74) is 6.68. The van der Waals surface area contributed by atoms with Gasteiger partial charge in [0.05, 0.1) is 11.4 Å². The third-order valence-corrected chi connectivity index (χ3v) is 6.34. The number of nitrogens with two attached hydrogens (primary N) is 1. The molecular formula is C14H22N4O2S2. The van der Waals surface area contributed by atoms with E-state index in [2.05, 4.69) is 4.99 Å². The molecule has 1 fully saturated rings. The number of hydrogen-bond donors (Lipinski definition) is 1. The van der Waals surface area contributed by atoms with Gasteiger partial charge in [-0.1, -0.05) is 18.2 Å². The Morgan fingerprint density at radius 2 is 1.95 bits per heavy atom. The molecule has 1 aliphatic rings. The third kappa shape index (κ3) is 3.93. The van der Waals surface area contributed by atoms with E-state index in [4.69, 9.17) is 5.73 Å². The van der Waals surface area contributed by atoms with Gasteiger partial charge in [0.2, 0.25) is 10.0 Å². The van der Waals surface area contributed by atoms with Crippen LogP contribution in [-0.4, -0.2) is 62.3 Å². The van der Waals surface area contributed by atoms with E-state index in [1.54, 1.807) is 18.2 Å². The average Bonchev–Trinajstić information content (AvgIpc) is 2.53. The lowest BCUT2D eigenvalue weighted by molar-refractivity contribution is 0.455. The molecule has 0 radical (unpaired) electrons. The average molecular weight is 342 g/mol. The number of sulfonamides is 1. The molecule has 1 heterocycles. The Labute approximate surface area is 136 Å². The number of benzene rings is 1. The predicted octanol–water partition coefficient (Wildman–Crippen LogP) is 0.800. The molecule has 0 aliphatic carbocycles. The second-order valence-electron chi connectivity index (χ2n) is 5.17. The van der Waals surface area contributed by atoms with Gasteiger partial charge in [0.15, 0.2) is 5.96 Å². The highest BCUT2D eigenvalue weighted by Gasteiger charge is 2.20. The largest absolute Gasteiger partial charge is 0.370 e. The van der Waals surface area contributed by atoms with Crippen molar-refractivity contribution in [1.29, 1.82) is 0 Å². The van der Waals surface area contributed by atoms with Crippen molar-refractivity contribution in [3.63, 3.8) is 0 Å². The van der Waals surface area contributed by atoms with Crippen molar-refractivity contribution in [3.05, 3.63) is 29.8 Å². The minimum Gasteiger partial charge on any atom is -0.370 e. The van der Waals surface area contributed by atoms with Crippen LogP contribution in [0.5, 0.6) is 0 Å². The van der Waals surface area contributed by atoms with Crippen LogP contribution in [0.1, 0.15) is 5.56 Å². The Kier molecular flexibility index (Phi) is 5.71. The number of guanidine groups is 1. The van der Waals surface area contributed by atoms with E-state index in [-0.39, 0.29) is 11.4 Å². The highest BCUT2D eigenvalue weighted by Crippen LogP contribution is 2.19. The molecular weight excluding hydrogens is 320 g/mol. The third-order valence-electron chi connectivity index (χ3n) is 3.48. The van der Waals surface area contributed by atoms with E-state index in [0.29, 0.717) is 11.5 Å². The lowest BCUT2D eigenvalue weighted by atomic mass is 10.2. The number of thioether (sulfide) groups is 1. The molecule has 122 valence electrons. The molecule has 6 nitrogen and oxygen atoms in total.